The SMILES string of the molecule is CC.CC(C)C1CCc2ccccc2CC1. The van der Waals surface area contributed by atoms with Crippen LogP contribution in [0.1, 0.15) is 51.7 Å². The molecule has 0 amide bonds. The minimum absolute atomic E-state index is 0.851. The van der Waals surface area contributed by atoms with Gasteiger partial charge in [0, 0.05) is 0 Å². The third kappa shape index (κ3) is 3.37. The van der Waals surface area contributed by atoms with Crippen molar-refractivity contribution in [3.63, 3.8) is 0 Å². The van der Waals surface area contributed by atoms with Crippen LogP contribution in [0.15, 0.2) is 24.3 Å². The number of hydrogen-bond acceptors (Lipinski definition) is 0. The second kappa shape index (κ2) is 6.73. The molecule has 90 valence electrons. The molecular weight excluding hydrogens is 192 g/mol. The molecule has 0 N–H and O–H groups in total. The summed E-state index contributed by atoms with van der Waals surface area (Å²) in [7, 11) is 0. The van der Waals surface area contributed by atoms with E-state index in [0.29, 0.717) is 0 Å². The summed E-state index contributed by atoms with van der Waals surface area (Å²) >= 11 is 0. The van der Waals surface area contributed by atoms with Gasteiger partial charge in [0.1, 0.15) is 0 Å². The highest BCUT2D eigenvalue weighted by Gasteiger charge is 2.17. The first-order chi connectivity index (χ1) is 7.77. The van der Waals surface area contributed by atoms with E-state index in [2.05, 4.69) is 38.1 Å². The first kappa shape index (κ1) is 13.3. The van der Waals surface area contributed by atoms with Crippen molar-refractivity contribution in [1.29, 1.82) is 0 Å². The van der Waals surface area contributed by atoms with E-state index in [0.717, 1.165) is 11.8 Å². The highest BCUT2D eigenvalue weighted by atomic mass is 14.2. The molecule has 0 heterocycles. The predicted molar refractivity (Wildman–Crippen MR) is 72.8 cm³/mol. The Morgan fingerprint density at radius 3 is 1.75 bits per heavy atom. The normalized spacial score (nSPS) is 16.1. The molecule has 0 saturated heterocycles. The van der Waals surface area contributed by atoms with E-state index >= 15 is 0 Å². The largest absolute Gasteiger partial charge is 0.0683 e. The molecule has 0 heteroatoms. The molecular formula is C16H26. The van der Waals surface area contributed by atoms with Crippen molar-refractivity contribution in [2.75, 3.05) is 0 Å². The van der Waals surface area contributed by atoms with Crippen LogP contribution < -0.4 is 0 Å². The molecule has 0 bridgehead atoms. The molecule has 0 radical (unpaired) electrons. The molecule has 1 aliphatic rings. The minimum atomic E-state index is 0.851. The van der Waals surface area contributed by atoms with Gasteiger partial charge in [-0.3, -0.25) is 0 Å². The van der Waals surface area contributed by atoms with Gasteiger partial charge in [0.25, 0.3) is 0 Å². The fourth-order valence-electron chi connectivity index (χ4n) is 2.54. The standard InChI is InChI=1S/C14H20.C2H6/c1-11(2)12-7-9-13-5-3-4-6-14(13)10-8-12;1-2/h3-6,11-12H,7-10H2,1-2H3;1-2H3. The fraction of sp³-hybridized carbons (Fsp3) is 0.625. The van der Waals surface area contributed by atoms with Gasteiger partial charge in [0.2, 0.25) is 0 Å². The van der Waals surface area contributed by atoms with Crippen LogP contribution in [0.3, 0.4) is 0 Å². The zero-order chi connectivity index (χ0) is 12.0. The monoisotopic (exact) mass is 218 g/mol. The molecule has 0 aromatic heterocycles. The number of rotatable bonds is 1. The number of aryl methyl sites for hydroxylation is 2. The second-order valence-electron chi connectivity index (χ2n) is 4.85. The Bertz CT molecular complexity index is 272. The lowest BCUT2D eigenvalue weighted by molar-refractivity contribution is 0.345. The molecule has 16 heavy (non-hydrogen) atoms. The van der Waals surface area contributed by atoms with Crippen LogP contribution in [0.25, 0.3) is 0 Å². The Kier molecular flexibility index (Phi) is 5.59. The highest BCUT2D eigenvalue weighted by Crippen LogP contribution is 2.28. The molecule has 2 rings (SSSR count). The first-order valence-electron chi connectivity index (χ1n) is 6.84. The summed E-state index contributed by atoms with van der Waals surface area (Å²) in [5.74, 6) is 1.78. The van der Waals surface area contributed by atoms with E-state index in [4.69, 9.17) is 0 Å². The van der Waals surface area contributed by atoms with E-state index in [-0.39, 0.29) is 0 Å². The highest BCUT2D eigenvalue weighted by molar-refractivity contribution is 5.28. The second-order valence-corrected chi connectivity index (χ2v) is 4.85. The average Bonchev–Trinajstić information content (AvgIpc) is 2.54. The van der Waals surface area contributed by atoms with Gasteiger partial charge in [-0.2, -0.15) is 0 Å². The summed E-state index contributed by atoms with van der Waals surface area (Å²) in [6.45, 7) is 8.72. The molecule has 1 aromatic rings. The Morgan fingerprint density at radius 2 is 1.38 bits per heavy atom. The van der Waals surface area contributed by atoms with Crippen molar-refractivity contribution >= 4 is 0 Å². The number of hydrogen-bond donors (Lipinski definition) is 0. The molecule has 1 aliphatic carbocycles. The minimum Gasteiger partial charge on any atom is -0.0683 e. The van der Waals surface area contributed by atoms with Gasteiger partial charge in [0.05, 0.1) is 0 Å². The maximum Gasteiger partial charge on any atom is -0.0273 e. The Hall–Kier alpha value is -0.780. The summed E-state index contributed by atoms with van der Waals surface area (Å²) in [4.78, 5) is 0. The third-order valence-electron chi connectivity index (χ3n) is 3.63. The van der Waals surface area contributed by atoms with Crippen molar-refractivity contribution in [3.05, 3.63) is 35.4 Å². The van der Waals surface area contributed by atoms with Gasteiger partial charge < -0.3 is 0 Å². The first-order valence-corrected chi connectivity index (χ1v) is 6.84. The summed E-state index contributed by atoms with van der Waals surface area (Å²) in [6, 6.07) is 8.96. The Morgan fingerprint density at radius 1 is 0.938 bits per heavy atom. The molecule has 1 aromatic carbocycles. The van der Waals surface area contributed by atoms with Crippen molar-refractivity contribution < 1.29 is 0 Å². The van der Waals surface area contributed by atoms with Crippen LogP contribution in [-0.4, -0.2) is 0 Å². The average molecular weight is 218 g/mol. The predicted octanol–water partition coefficient (Wildman–Crippen LogP) is 4.86. The molecule has 0 atom stereocenters. The topological polar surface area (TPSA) is 0 Å². The van der Waals surface area contributed by atoms with E-state index in [1.54, 1.807) is 11.1 Å². The number of benzene rings is 1. The maximum atomic E-state index is 2.36. The lowest BCUT2D eigenvalue weighted by Crippen LogP contribution is -2.08. The van der Waals surface area contributed by atoms with Crippen molar-refractivity contribution in [3.8, 4) is 0 Å². The van der Waals surface area contributed by atoms with Crippen LogP contribution in [0.2, 0.25) is 0 Å². The Labute approximate surface area is 101 Å². The van der Waals surface area contributed by atoms with Crippen molar-refractivity contribution in [2.45, 2.75) is 53.4 Å². The molecule has 0 saturated carbocycles. The van der Waals surface area contributed by atoms with Crippen LogP contribution >= 0.6 is 0 Å². The van der Waals surface area contributed by atoms with Crippen LogP contribution in [0, 0.1) is 11.8 Å². The lowest BCUT2D eigenvalue weighted by Gasteiger charge is -2.17. The lowest BCUT2D eigenvalue weighted by atomic mass is 9.88. The summed E-state index contributed by atoms with van der Waals surface area (Å²) in [6.07, 6.45) is 5.35. The van der Waals surface area contributed by atoms with Gasteiger partial charge in [0.15, 0.2) is 0 Å². The third-order valence-corrected chi connectivity index (χ3v) is 3.63. The summed E-state index contributed by atoms with van der Waals surface area (Å²) < 4.78 is 0. The van der Waals surface area contributed by atoms with Crippen LogP contribution in [0.4, 0.5) is 0 Å². The van der Waals surface area contributed by atoms with Crippen LogP contribution in [0.5, 0.6) is 0 Å². The summed E-state index contributed by atoms with van der Waals surface area (Å²) in [5, 5.41) is 0. The van der Waals surface area contributed by atoms with Crippen molar-refractivity contribution in [1.82, 2.24) is 0 Å². The zero-order valence-electron chi connectivity index (χ0n) is 11.3. The fourth-order valence-corrected chi connectivity index (χ4v) is 2.54. The molecule has 0 unspecified atom stereocenters. The van der Waals surface area contributed by atoms with Gasteiger partial charge in [-0.25, -0.2) is 0 Å². The summed E-state index contributed by atoms with van der Waals surface area (Å²) in [5.41, 5.74) is 3.19. The van der Waals surface area contributed by atoms with Gasteiger partial charge >= 0.3 is 0 Å². The van der Waals surface area contributed by atoms with Crippen LogP contribution in [-0.2, 0) is 12.8 Å². The maximum absolute atomic E-state index is 2.36. The van der Waals surface area contributed by atoms with Gasteiger partial charge in [-0.1, -0.05) is 52.0 Å². The smallest absolute Gasteiger partial charge is 0.0273 e. The quantitative estimate of drug-likeness (QED) is 0.590. The van der Waals surface area contributed by atoms with E-state index in [1.807, 2.05) is 13.8 Å². The van der Waals surface area contributed by atoms with E-state index < -0.39 is 0 Å². The Balaban J connectivity index is 0.000000606. The molecule has 0 fully saturated rings. The molecule has 0 spiro atoms. The van der Waals surface area contributed by atoms with E-state index in [1.165, 1.54) is 25.7 Å². The van der Waals surface area contributed by atoms with Crippen molar-refractivity contribution in [2.24, 2.45) is 11.8 Å². The van der Waals surface area contributed by atoms with Gasteiger partial charge in [-0.15, -0.1) is 0 Å². The van der Waals surface area contributed by atoms with E-state index in [9.17, 15) is 0 Å². The molecule has 0 nitrogen and oxygen atoms in total. The zero-order valence-corrected chi connectivity index (χ0v) is 11.3. The number of fused-ring (bicyclic) bond motifs is 1. The molecule has 0 aliphatic heterocycles. The van der Waals surface area contributed by atoms with Gasteiger partial charge in [-0.05, 0) is 48.6 Å².